The predicted octanol–water partition coefficient (Wildman–Crippen LogP) is 4.50. The van der Waals surface area contributed by atoms with E-state index in [0.29, 0.717) is 22.1 Å². The van der Waals surface area contributed by atoms with Gasteiger partial charge in [0.2, 0.25) is 0 Å². The Labute approximate surface area is 142 Å². The molecule has 0 aliphatic rings. The summed E-state index contributed by atoms with van der Waals surface area (Å²) in [4.78, 5) is 11.8. The van der Waals surface area contributed by atoms with Crippen molar-refractivity contribution < 1.29 is 13.6 Å². The molecule has 0 bridgehead atoms. The molecular formula is C18H12ClFN2O2. The average molecular weight is 343 g/mol. The highest BCUT2D eigenvalue weighted by Gasteiger charge is 2.05. The van der Waals surface area contributed by atoms with E-state index in [0.717, 1.165) is 5.56 Å². The highest BCUT2D eigenvalue weighted by molar-refractivity contribution is 6.30. The molecule has 0 saturated heterocycles. The fraction of sp³-hybridized carbons (Fsp3) is 0. The number of benzene rings is 2. The van der Waals surface area contributed by atoms with Gasteiger partial charge in [0.1, 0.15) is 17.3 Å². The second kappa shape index (κ2) is 7.10. The minimum atomic E-state index is -0.435. The number of nitrogens with one attached hydrogen (secondary N) is 1. The van der Waals surface area contributed by atoms with E-state index in [1.807, 2.05) is 12.1 Å². The van der Waals surface area contributed by atoms with Crippen molar-refractivity contribution in [2.75, 3.05) is 0 Å². The standard InChI is InChI=1S/C18H12ClFN2O2/c19-14-5-1-12(2-6-14)17-10-9-16(24-17)11-21-22-18(23)13-3-7-15(20)8-4-13/h1-11H,(H,22,23). The monoisotopic (exact) mass is 342 g/mol. The predicted molar refractivity (Wildman–Crippen MR) is 90.6 cm³/mol. The summed E-state index contributed by atoms with van der Waals surface area (Å²) < 4.78 is 18.4. The number of hydrazone groups is 1. The van der Waals surface area contributed by atoms with Crippen molar-refractivity contribution in [3.05, 3.63) is 82.8 Å². The van der Waals surface area contributed by atoms with Crippen molar-refractivity contribution in [1.82, 2.24) is 5.43 Å². The Balaban J connectivity index is 1.64. The van der Waals surface area contributed by atoms with Crippen LogP contribution in [0.3, 0.4) is 0 Å². The summed E-state index contributed by atoms with van der Waals surface area (Å²) in [6.45, 7) is 0. The summed E-state index contributed by atoms with van der Waals surface area (Å²) in [6.07, 6.45) is 1.39. The third-order valence-corrected chi connectivity index (χ3v) is 3.47. The second-order valence-electron chi connectivity index (χ2n) is 4.91. The van der Waals surface area contributed by atoms with Crippen LogP contribution in [0.4, 0.5) is 4.39 Å². The molecule has 0 aliphatic carbocycles. The first-order valence-corrected chi connectivity index (χ1v) is 7.44. The third-order valence-electron chi connectivity index (χ3n) is 3.22. The lowest BCUT2D eigenvalue weighted by atomic mass is 10.2. The van der Waals surface area contributed by atoms with Crippen LogP contribution >= 0.6 is 11.6 Å². The van der Waals surface area contributed by atoms with Crippen molar-refractivity contribution >= 4 is 23.7 Å². The van der Waals surface area contributed by atoms with Gasteiger partial charge in [0.05, 0.1) is 6.21 Å². The summed E-state index contributed by atoms with van der Waals surface area (Å²) in [7, 11) is 0. The van der Waals surface area contributed by atoms with Crippen LogP contribution in [0.5, 0.6) is 0 Å². The van der Waals surface area contributed by atoms with Gasteiger partial charge in [-0.15, -0.1) is 0 Å². The van der Waals surface area contributed by atoms with E-state index in [1.54, 1.807) is 24.3 Å². The molecule has 0 aliphatic heterocycles. The normalized spacial score (nSPS) is 10.9. The molecule has 0 radical (unpaired) electrons. The Bertz CT molecular complexity index is 871. The number of nitrogens with zero attached hydrogens (tertiary/aromatic N) is 1. The van der Waals surface area contributed by atoms with E-state index in [9.17, 15) is 9.18 Å². The van der Waals surface area contributed by atoms with Crippen LogP contribution in [0.2, 0.25) is 5.02 Å². The first-order chi connectivity index (χ1) is 11.6. The van der Waals surface area contributed by atoms with E-state index in [2.05, 4.69) is 10.5 Å². The molecule has 1 heterocycles. The SMILES string of the molecule is O=C(NN=Cc1ccc(-c2ccc(Cl)cc2)o1)c1ccc(F)cc1. The van der Waals surface area contributed by atoms with Crippen LogP contribution in [0.15, 0.2) is 70.2 Å². The fourth-order valence-corrected chi connectivity index (χ4v) is 2.14. The van der Waals surface area contributed by atoms with Crippen LogP contribution in [0.1, 0.15) is 16.1 Å². The second-order valence-corrected chi connectivity index (χ2v) is 5.35. The zero-order valence-corrected chi connectivity index (χ0v) is 13.1. The molecule has 24 heavy (non-hydrogen) atoms. The molecule has 0 fully saturated rings. The van der Waals surface area contributed by atoms with E-state index < -0.39 is 11.7 Å². The van der Waals surface area contributed by atoms with E-state index in [-0.39, 0.29) is 0 Å². The van der Waals surface area contributed by atoms with Crippen molar-refractivity contribution in [3.8, 4) is 11.3 Å². The quantitative estimate of drug-likeness (QED) is 0.560. The Kier molecular flexibility index (Phi) is 4.72. The molecule has 0 spiro atoms. The van der Waals surface area contributed by atoms with Crippen LogP contribution in [0.25, 0.3) is 11.3 Å². The van der Waals surface area contributed by atoms with Gasteiger partial charge in [-0.25, -0.2) is 9.82 Å². The molecule has 3 aromatic rings. The maximum Gasteiger partial charge on any atom is 0.271 e. The summed E-state index contributed by atoms with van der Waals surface area (Å²) in [6, 6.07) is 16.0. The van der Waals surface area contributed by atoms with Crippen molar-refractivity contribution in [3.63, 3.8) is 0 Å². The van der Waals surface area contributed by atoms with Crippen molar-refractivity contribution in [2.45, 2.75) is 0 Å². The lowest BCUT2D eigenvalue weighted by molar-refractivity contribution is 0.0955. The molecule has 1 aromatic heterocycles. The topological polar surface area (TPSA) is 54.6 Å². The van der Waals surface area contributed by atoms with E-state index >= 15 is 0 Å². The number of furan rings is 1. The number of hydrogen-bond acceptors (Lipinski definition) is 3. The highest BCUT2D eigenvalue weighted by atomic mass is 35.5. The first kappa shape index (κ1) is 16.0. The molecule has 0 unspecified atom stereocenters. The lowest BCUT2D eigenvalue weighted by Gasteiger charge is -1.99. The zero-order valence-electron chi connectivity index (χ0n) is 12.4. The largest absolute Gasteiger partial charge is 0.455 e. The summed E-state index contributed by atoms with van der Waals surface area (Å²) in [5, 5.41) is 4.48. The van der Waals surface area contributed by atoms with Gasteiger partial charge in [-0.1, -0.05) is 11.6 Å². The molecule has 1 N–H and O–H groups in total. The van der Waals surface area contributed by atoms with Crippen LogP contribution in [0, 0.1) is 5.82 Å². The maximum atomic E-state index is 12.8. The fourth-order valence-electron chi connectivity index (χ4n) is 2.01. The zero-order chi connectivity index (χ0) is 16.9. The van der Waals surface area contributed by atoms with Gasteiger partial charge in [-0.05, 0) is 60.7 Å². The minimum Gasteiger partial charge on any atom is -0.455 e. The number of amides is 1. The molecule has 0 saturated carbocycles. The van der Waals surface area contributed by atoms with E-state index in [1.165, 1.54) is 30.5 Å². The lowest BCUT2D eigenvalue weighted by Crippen LogP contribution is -2.17. The number of halogens is 2. The summed E-state index contributed by atoms with van der Waals surface area (Å²) in [5.74, 6) is 0.313. The maximum absolute atomic E-state index is 12.8. The third kappa shape index (κ3) is 3.88. The smallest absolute Gasteiger partial charge is 0.271 e. The summed E-state index contributed by atoms with van der Waals surface area (Å²) >= 11 is 5.85. The van der Waals surface area contributed by atoms with Crippen LogP contribution in [-0.4, -0.2) is 12.1 Å². The Morgan fingerprint density at radius 3 is 2.46 bits per heavy atom. The van der Waals surface area contributed by atoms with Gasteiger partial charge in [0.15, 0.2) is 0 Å². The highest BCUT2D eigenvalue weighted by Crippen LogP contribution is 2.23. The molecular weight excluding hydrogens is 331 g/mol. The average Bonchev–Trinajstić information content (AvgIpc) is 3.05. The van der Waals surface area contributed by atoms with Gasteiger partial charge in [-0.2, -0.15) is 5.10 Å². The van der Waals surface area contributed by atoms with Gasteiger partial charge in [0.25, 0.3) is 5.91 Å². The van der Waals surface area contributed by atoms with Gasteiger partial charge < -0.3 is 4.42 Å². The number of carbonyl (C=O) groups is 1. The molecule has 3 rings (SSSR count). The van der Waals surface area contributed by atoms with Gasteiger partial charge in [-0.3, -0.25) is 4.79 Å². The number of rotatable bonds is 4. The van der Waals surface area contributed by atoms with Gasteiger partial charge in [0, 0.05) is 16.1 Å². The van der Waals surface area contributed by atoms with Crippen LogP contribution < -0.4 is 5.43 Å². The number of carbonyl (C=O) groups excluding carboxylic acids is 1. The Morgan fingerprint density at radius 1 is 1.04 bits per heavy atom. The molecule has 2 aromatic carbocycles. The number of hydrogen-bond donors (Lipinski definition) is 1. The molecule has 1 amide bonds. The van der Waals surface area contributed by atoms with E-state index in [4.69, 9.17) is 16.0 Å². The molecule has 0 atom stereocenters. The Hall–Kier alpha value is -2.92. The molecule has 4 nitrogen and oxygen atoms in total. The summed E-state index contributed by atoms with van der Waals surface area (Å²) in [5.41, 5.74) is 3.55. The molecule has 6 heteroatoms. The van der Waals surface area contributed by atoms with Gasteiger partial charge >= 0.3 is 0 Å². The first-order valence-electron chi connectivity index (χ1n) is 7.06. The minimum absolute atomic E-state index is 0.315. The Morgan fingerprint density at radius 2 is 1.75 bits per heavy atom. The van der Waals surface area contributed by atoms with Crippen molar-refractivity contribution in [1.29, 1.82) is 0 Å². The van der Waals surface area contributed by atoms with Crippen molar-refractivity contribution in [2.24, 2.45) is 5.10 Å². The molecule has 120 valence electrons. The van der Waals surface area contributed by atoms with Crippen LogP contribution in [-0.2, 0) is 0 Å².